The van der Waals surface area contributed by atoms with E-state index in [2.05, 4.69) is 23.3 Å². The molecule has 1 atom stereocenters. The number of hydrogen-bond acceptors (Lipinski definition) is 6. The number of phosphoric ester groups is 1. The largest absolute Gasteiger partial charge is 1.00 e. The first kappa shape index (κ1) is 25.9. The second-order valence-electron chi connectivity index (χ2n) is 6.02. The quantitative estimate of drug-likeness (QED) is 0.375. The first-order valence-corrected chi connectivity index (χ1v) is 9.61. The predicted octanol–water partition coefficient (Wildman–Crippen LogP) is -4.41. The summed E-state index contributed by atoms with van der Waals surface area (Å²) in [5.41, 5.74) is 1.58. The third kappa shape index (κ3) is 7.46. The number of hydrogen-bond donors (Lipinski definition) is 1. The summed E-state index contributed by atoms with van der Waals surface area (Å²) in [6.45, 7) is 6.38. The van der Waals surface area contributed by atoms with Gasteiger partial charge in [0.15, 0.2) is 11.5 Å². The van der Waals surface area contributed by atoms with Crippen molar-refractivity contribution in [3.8, 4) is 11.5 Å². The Morgan fingerprint density at radius 2 is 1.84 bits per heavy atom. The Morgan fingerprint density at radius 1 is 1.24 bits per heavy atom. The topological polar surface area (TPSA) is 95.9 Å². The molecule has 1 aromatic carbocycles. The van der Waals surface area contributed by atoms with Crippen molar-refractivity contribution < 1.29 is 83.1 Å². The molecule has 1 unspecified atom stereocenters. The van der Waals surface area contributed by atoms with Crippen LogP contribution in [-0.2, 0) is 17.4 Å². The van der Waals surface area contributed by atoms with Gasteiger partial charge in [-0.3, -0.25) is 0 Å². The van der Waals surface area contributed by atoms with Gasteiger partial charge in [0.05, 0.1) is 0 Å². The van der Waals surface area contributed by atoms with E-state index in [1.165, 1.54) is 6.07 Å². The van der Waals surface area contributed by atoms with Gasteiger partial charge in [0.1, 0.15) is 7.82 Å². The van der Waals surface area contributed by atoms with Gasteiger partial charge in [-0.25, -0.2) is 0 Å². The number of fused-ring (bicyclic) bond motifs is 1. The zero-order valence-corrected chi connectivity index (χ0v) is 20.6. The second-order valence-corrected chi connectivity index (χ2v) is 7.10. The Hall–Kier alpha value is 0.930. The number of rotatable bonds is 7. The number of benzene rings is 1. The van der Waals surface area contributed by atoms with Gasteiger partial charge in [-0.15, -0.1) is 0 Å². The molecule has 0 fully saturated rings. The molecule has 0 spiro atoms. The van der Waals surface area contributed by atoms with E-state index in [-0.39, 0.29) is 70.6 Å². The van der Waals surface area contributed by atoms with Crippen LogP contribution in [0.1, 0.15) is 44.2 Å². The summed E-state index contributed by atoms with van der Waals surface area (Å²) in [4.78, 5) is 24.3. The molecule has 0 saturated heterocycles. The Balaban J connectivity index is 0.00000288. The van der Waals surface area contributed by atoms with Crippen LogP contribution in [0.3, 0.4) is 0 Å². The van der Waals surface area contributed by atoms with Gasteiger partial charge in [0.2, 0.25) is 0 Å². The minimum absolute atomic E-state index is 0. The van der Waals surface area contributed by atoms with Gasteiger partial charge in [-0.05, 0) is 56.8 Å². The first-order valence-electron chi connectivity index (χ1n) is 8.15. The number of phosphoric acid groups is 1. The molecule has 0 amide bonds. The molecule has 130 valence electrons. The Morgan fingerprint density at radius 3 is 2.36 bits per heavy atom. The zero-order chi connectivity index (χ0) is 17.0. The maximum atomic E-state index is 10.9. The summed E-state index contributed by atoms with van der Waals surface area (Å²) in [5, 5.41) is 9.84. The molecule has 1 aliphatic carbocycles. The van der Waals surface area contributed by atoms with Crippen molar-refractivity contribution in [1.82, 2.24) is 4.90 Å². The van der Waals surface area contributed by atoms with Crippen molar-refractivity contribution in [3.63, 3.8) is 0 Å². The SMILES string of the molecule is CCCN(CCC)C1CCc2c(ccc(O)c2OP(=O)([O-])[O-])C1.[Na+].[Na+]. The molecule has 9 heteroatoms. The van der Waals surface area contributed by atoms with E-state index in [0.717, 1.165) is 44.3 Å². The zero-order valence-electron chi connectivity index (χ0n) is 15.7. The van der Waals surface area contributed by atoms with Crippen LogP contribution < -0.4 is 73.4 Å². The van der Waals surface area contributed by atoms with E-state index < -0.39 is 7.82 Å². The number of phenolic OH excluding ortho intramolecular Hbond substituents is 1. The molecule has 0 radical (unpaired) electrons. The molecular formula is C16H24NNa2O5P. The van der Waals surface area contributed by atoms with Crippen LogP contribution in [0.4, 0.5) is 0 Å². The molecule has 25 heavy (non-hydrogen) atoms. The smallest absolute Gasteiger partial charge is 0.780 e. The summed E-state index contributed by atoms with van der Waals surface area (Å²) in [6, 6.07) is 3.59. The Bertz CT molecular complexity index is 590. The fourth-order valence-electron chi connectivity index (χ4n) is 3.37. The van der Waals surface area contributed by atoms with E-state index in [1.54, 1.807) is 6.07 Å². The van der Waals surface area contributed by atoms with Crippen molar-refractivity contribution in [2.75, 3.05) is 13.1 Å². The van der Waals surface area contributed by atoms with Gasteiger partial charge in [0, 0.05) is 11.6 Å². The Labute approximate surface area is 194 Å². The van der Waals surface area contributed by atoms with Crippen LogP contribution in [0.15, 0.2) is 12.1 Å². The maximum absolute atomic E-state index is 10.9. The second kappa shape index (κ2) is 11.7. The molecule has 2 rings (SSSR count). The van der Waals surface area contributed by atoms with Crippen molar-refractivity contribution in [3.05, 3.63) is 23.3 Å². The molecule has 0 aromatic heterocycles. The maximum Gasteiger partial charge on any atom is 1.00 e. The molecule has 6 nitrogen and oxygen atoms in total. The number of phenols is 1. The van der Waals surface area contributed by atoms with E-state index in [4.69, 9.17) is 0 Å². The van der Waals surface area contributed by atoms with Crippen molar-refractivity contribution >= 4 is 7.82 Å². The van der Waals surface area contributed by atoms with E-state index >= 15 is 0 Å². The third-order valence-corrected chi connectivity index (χ3v) is 4.67. The minimum Gasteiger partial charge on any atom is -0.780 e. The molecule has 1 N–H and O–H groups in total. The van der Waals surface area contributed by atoms with Crippen LogP contribution in [0.5, 0.6) is 11.5 Å². The number of nitrogens with zero attached hydrogens (tertiary/aromatic N) is 1. The summed E-state index contributed by atoms with van der Waals surface area (Å²) in [7, 11) is -5.19. The normalized spacial score (nSPS) is 16.6. The fraction of sp³-hybridized carbons (Fsp3) is 0.625. The van der Waals surface area contributed by atoms with Crippen molar-refractivity contribution in [2.24, 2.45) is 0 Å². The summed E-state index contributed by atoms with van der Waals surface area (Å²) >= 11 is 0. The summed E-state index contributed by atoms with van der Waals surface area (Å²) in [6.07, 6.45) is 4.39. The molecule has 0 bridgehead atoms. The van der Waals surface area contributed by atoms with Crippen LogP contribution in [0.25, 0.3) is 0 Å². The summed E-state index contributed by atoms with van der Waals surface area (Å²) in [5.74, 6) is -0.486. The molecule has 0 saturated carbocycles. The van der Waals surface area contributed by atoms with E-state index in [1.807, 2.05) is 0 Å². The first-order chi connectivity index (χ1) is 10.9. The van der Waals surface area contributed by atoms with E-state index in [0.29, 0.717) is 18.0 Å². The monoisotopic (exact) mass is 387 g/mol. The molecule has 0 aliphatic heterocycles. The van der Waals surface area contributed by atoms with Crippen LogP contribution in [0, 0.1) is 0 Å². The minimum atomic E-state index is -5.19. The fourth-order valence-corrected chi connectivity index (χ4v) is 3.79. The van der Waals surface area contributed by atoms with Gasteiger partial charge in [-0.2, -0.15) is 0 Å². The summed E-state index contributed by atoms with van der Waals surface area (Å²) < 4.78 is 15.4. The van der Waals surface area contributed by atoms with Gasteiger partial charge >= 0.3 is 59.1 Å². The van der Waals surface area contributed by atoms with Crippen molar-refractivity contribution in [1.29, 1.82) is 0 Å². The molecule has 0 heterocycles. The van der Waals surface area contributed by atoms with Crippen LogP contribution in [-0.4, -0.2) is 29.1 Å². The molecular weight excluding hydrogens is 363 g/mol. The third-order valence-electron chi connectivity index (χ3n) is 4.26. The predicted molar refractivity (Wildman–Crippen MR) is 84.3 cm³/mol. The average molecular weight is 387 g/mol. The number of aromatic hydroxyl groups is 1. The van der Waals surface area contributed by atoms with Crippen molar-refractivity contribution in [2.45, 2.75) is 52.0 Å². The average Bonchev–Trinajstić information content (AvgIpc) is 2.48. The molecule has 1 aromatic rings. The van der Waals surface area contributed by atoms with Crippen LogP contribution >= 0.6 is 7.82 Å². The van der Waals surface area contributed by atoms with Gasteiger partial charge in [-0.1, -0.05) is 19.9 Å². The standard InChI is InChI=1S/C16H26NO5P.2Na/c1-3-9-17(10-4-2)13-6-7-14-12(11-13)5-8-15(18)16(14)22-23(19,20)21;;/h5,8,13,18H,3-4,6-7,9-11H2,1-2H3,(H2,19,20,21);;/q;2*+1/p-2. The Kier molecular flexibility index (Phi) is 12.1. The molecule has 1 aliphatic rings. The van der Waals surface area contributed by atoms with Crippen LogP contribution in [0.2, 0.25) is 0 Å². The van der Waals surface area contributed by atoms with Gasteiger partial charge < -0.3 is 28.9 Å². The van der Waals surface area contributed by atoms with Gasteiger partial charge in [0.25, 0.3) is 0 Å². The van der Waals surface area contributed by atoms with E-state index in [9.17, 15) is 19.5 Å².